The van der Waals surface area contributed by atoms with E-state index in [0.29, 0.717) is 11.6 Å². The lowest BCUT2D eigenvalue weighted by molar-refractivity contribution is 0.521. The summed E-state index contributed by atoms with van der Waals surface area (Å²) >= 11 is 0. The van der Waals surface area contributed by atoms with Crippen LogP contribution in [0.5, 0.6) is 0 Å². The standard InChI is InChI=1S/C17H16N2O3S/c1-13-19-17(12-22-13)15-7-9-16(10-8-15)23(20,21)18-11-14-5-3-2-4-6-14/h2-10,12,18H,11H2,1H3. The Balaban J connectivity index is 1.75. The fourth-order valence-corrected chi connectivity index (χ4v) is 3.18. The van der Waals surface area contributed by atoms with Crippen LogP contribution >= 0.6 is 0 Å². The summed E-state index contributed by atoms with van der Waals surface area (Å²) in [4.78, 5) is 4.44. The molecule has 0 saturated heterocycles. The van der Waals surface area contributed by atoms with E-state index in [1.54, 1.807) is 37.5 Å². The fourth-order valence-electron chi connectivity index (χ4n) is 2.16. The zero-order valence-corrected chi connectivity index (χ0v) is 13.4. The van der Waals surface area contributed by atoms with Crippen molar-refractivity contribution in [2.45, 2.75) is 18.4 Å². The lowest BCUT2D eigenvalue weighted by atomic mass is 10.2. The Kier molecular flexibility index (Phi) is 4.27. The smallest absolute Gasteiger partial charge is 0.240 e. The third-order valence-corrected chi connectivity index (χ3v) is 4.81. The second-order valence-electron chi connectivity index (χ2n) is 5.09. The number of sulfonamides is 1. The zero-order valence-electron chi connectivity index (χ0n) is 12.6. The summed E-state index contributed by atoms with van der Waals surface area (Å²) in [5.74, 6) is 0.571. The van der Waals surface area contributed by atoms with Gasteiger partial charge in [0.25, 0.3) is 0 Å². The van der Waals surface area contributed by atoms with Gasteiger partial charge in [0.05, 0.1) is 4.90 Å². The van der Waals surface area contributed by atoms with E-state index in [1.807, 2.05) is 30.3 Å². The number of rotatable bonds is 5. The quantitative estimate of drug-likeness (QED) is 0.781. The molecule has 0 radical (unpaired) electrons. The molecule has 1 N–H and O–H groups in total. The highest BCUT2D eigenvalue weighted by molar-refractivity contribution is 7.89. The van der Waals surface area contributed by atoms with Gasteiger partial charge in [-0.2, -0.15) is 0 Å². The minimum absolute atomic E-state index is 0.220. The molecule has 6 heteroatoms. The first-order chi connectivity index (χ1) is 11.0. The Hall–Kier alpha value is -2.44. The first-order valence-electron chi connectivity index (χ1n) is 7.11. The number of nitrogens with zero attached hydrogens (tertiary/aromatic N) is 1. The van der Waals surface area contributed by atoms with Crippen LogP contribution in [0.15, 0.2) is 70.2 Å². The first-order valence-corrected chi connectivity index (χ1v) is 8.59. The summed E-state index contributed by atoms with van der Waals surface area (Å²) in [6, 6.07) is 15.9. The van der Waals surface area contributed by atoms with Gasteiger partial charge in [-0.1, -0.05) is 42.5 Å². The molecule has 0 spiro atoms. The van der Waals surface area contributed by atoms with Crippen molar-refractivity contribution >= 4 is 10.0 Å². The predicted octanol–water partition coefficient (Wildman–Crippen LogP) is 3.13. The second-order valence-corrected chi connectivity index (χ2v) is 6.85. The lowest BCUT2D eigenvalue weighted by Gasteiger charge is -2.07. The molecule has 2 aromatic carbocycles. The van der Waals surface area contributed by atoms with Crippen LogP contribution in [0.25, 0.3) is 11.3 Å². The van der Waals surface area contributed by atoms with Gasteiger partial charge in [0.15, 0.2) is 5.89 Å². The SMILES string of the molecule is Cc1nc(-c2ccc(S(=O)(=O)NCc3ccccc3)cc2)co1. The van der Waals surface area contributed by atoms with E-state index in [0.717, 1.165) is 11.1 Å². The van der Waals surface area contributed by atoms with E-state index >= 15 is 0 Å². The van der Waals surface area contributed by atoms with Crippen LogP contribution in [0.4, 0.5) is 0 Å². The van der Waals surface area contributed by atoms with Crippen LogP contribution in [0.2, 0.25) is 0 Å². The first kappa shape index (κ1) is 15.5. The van der Waals surface area contributed by atoms with E-state index in [2.05, 4.69) is 9.71 Å². The van der Waals surface area contributed by atoms with Crippen LogP contribution < -0.4 is 4.72 Å². The maximum absolute atomic E-state index is 12.3. The Bertz CT molecular complexity index is 885. The summed E-state index contributed by atoms with van der Waals surface area (Å²) < 4.78 is 32.4. The number of hydrogen-bond donors (Lipinski definition) is 1. The molecule has 3 rings (SSSR count). The molecule has 0 amide bonds. The summed E-state index contributed by atoms with van der Waals surface area (Å²) in [5, 5.41) is 0. The summed E-state index contributed by atoms with van der Waals surface area (Å²) in [7, 11) is -3.55. The van der Waals surface area contributed by atoms with Crippen LogP contribution in [0, 0.1) is 6.92 Å². The van der Waals surface area contributed by atoms with E-state index in [1.165, 1.54) is 0 Å². The van der Waals surface area contributed by atoms with Gasteiger partial charge in [0, 0.05) is 19.0 Å². The van der Waals surface area contributed by atoms with Crippen molar-refractivity contribution in [1.29, 1.82) is 0 Å². The number of benzene rings is 2. The molecule has 0 aliphatic carbocycles. The molecule has 0 fully saturated rings. The number of hydrogen-bond acceptors (Lipinski definition) is 4. The van der Waals surface area contributed by atoms with Gasteiger partial charge in [0.2, 0.25) is 10.0 Å². The molecule has 0 saturated carbocycles. The number of nitrogens with one attached hydrogen (secondary N) is 1. The van der Waals surface area contributed by atoms with Gasteiger partial charge in [-0.15, -0.1) is 0 Å². The topological polar surface area (TPSA) is 72.2 Å². The minimum Gasteiger partial charge on any atom is -0.449 e. The molecular formula is C17H16N2O3S. The van der Waals surface area contributed by atoms with E-state index in [4.69, 9.17) is 4.42 Å². The van der Waals surface area contributed by atoms with Crippen molar-refractivity contribution < 1.29 is 12.8 Å². The Morgan fingerprint density at radius 1 is 1.04 bits per heavy atom. The molecule has 3 aromatic rings. The van der Waals surface area contributed by atoms with Gasteiger partial charge in [0.1, 0.15) is 12.0 Å². The Morgan fingerprint density at radius 2 is 1.74 bits per heavy atom. The van der Waals surface area contributed by atoms with Gasteiger partial charge >= 0.3 is 0 Å². The van der Waals surface area contributed by atoms with Crippen molar-refractivity contribution in [3.8, 4) is 11.3 Å². The predicted molar refractivity (Wildman–Crippen MR) is 87.1 cm³/mol. The molecule has 0 atom stereocenters. The highest BCUT2D eigenvalue weighted by Crippen LogP contribution is 2.20. The normalized spacial score (nSPS) is 11.5. The molecular weight excluding hydrogens is 312 g/mol. The number of aryl methyl sites for hydroxylation is 1. The molecule has 0 bridgehead atoms. The molecule has 0 unspecified atom stereocenters. The number of oxazole rings is 1. The molecule has 0 aliphatic heterocycles. The van der Waals surface area contributed by atoms with Gasteiger partial charge in [-0.25, -0.2) is 18.1 Å². The van der Waals surface area contributed by atoms with Crippen molar-refractivity contribution in [2.24, 2.45) is 0 Å². The average Bonchev–Trinajstić information content (AvgIpc) is 3.01. The van der Waals surface area contributed by atoms with Crippen molar-refractivity contribution in [3.05, 3.63) is 72.3 Å². The Labute approximate surface area is 135 Å². The fraction of sp³-hybridized carbons (Fsp3) is 0.118. The summed E-state index contributed by atoms with van der Waals surface area (Å²) in [5.41, 5.74) is 2.40. The maximum Gasteiger partial charge on any atom is 0.240 e. The van der Waals surface area contributed by atoms with Crippen LogP contribution in [0.1, 0.15) is 11.5 Å². The van der Waals surface area contributed by atoms with E-state index in [9.17, 15) is 8.42 Å². The van der Waals surface area contributed by atoms with Gasteiger partial charge in [-0.3, -0.25) is 0 Å². The van der Waals surface area contributed by atoms with Crippen LogP contribution in [-0.4, -0.2) is 13.4 Å². The van der Waals surface area contributed by atoms with Crippen molar-refractivity contribution in [1.82, 2.24) is 9.71 Å². The molecule has 5 nitrogen and oxygen atoms in total. The highest BCUT2D eigenvalue weighted by atomic mass is 32.2. The van der Waals surface area contributed by atoms with Crippen LogP contribution in [-0.2, 0) is 16.6 Å². The van der Waals surface area contributed by atoms with Crippen molar-refractivity contribution in [3.63, 3.8) is 0 Å². The summed E-state index contributed by atoms with van der Waals surface area (Å²) in [6.45, 7) is 2.02. The molecule has 23 heavy (non-hydrogen) atoms. The van der Waals surface area contributed by atoms with Gasteiger partial charge < -0.3 is 4.42 Å². The monoisotopic (exact) mass is 328 g/mol. The summed E-state index contributed by atoms with van der Waals surface area (Å²) in [6.07, 6.45) is 1.55. The second kappa shape index (κ2) is 6.36. The molecule has 1 heterocycles. The minimum atomic E-state index is -3.55. The molecule has 118 valence electrons. The zero-order chi connectivity index (χ0) is 16.3. The van der Waals surface area contributed by atoms with E-state index in [-0.39, 0.29) is 11.4 Å². The lowest BCUT2D eigenvalue weighted by Crippen LogP contribution is -2.23. The average molecular weight is 328 g/mol. The third-order valence-electron chi connectivity index (χ3n) is 3.39. The third kappa shape index (κ3) is 3.67. The highest BCUT2D eigenvalue weighted by Gasteiger charge is 2.14. The maximum atomic E-state index is 12.3. The van der Waals surface area contributed by atoms with Crippen molar-refractivity contribution in [2.75, 3.05) is 0 Å². The largest absolute Gasteiger partial charge is 0.449 e. The van der Waals surface area contributed by atoms with E-state index < -0.39 is 10.0 Å². The number of aromatic nitrogens is 1. The van der Waals surface area contributed by atoms with Crippen LogP contribution in [0.3, 0.4) is 0 Å². The van der Waals surface area contributed by atoms with Gasteiger partial charge in [-0.05, 0) is 17.7 Å². The molecule has 1 aromatic heterocycles. The Morgan fingerprint density at radius 3 is 2.35 bits per heavy atom. The molecule has 0 aliphatic rings.